The Hall–Kier alpha value is -4.36. The van der Waals surface area contributed by atoms with Gasteiger partial charge in [-0.25, -0.2) is 23.6 Å². The van der Waals surface area contributed by atoms with E-state index in [2.05, 4.69) is 19.9 Å². The van der Waals surface area contributed by atoms with E-state index in [0.29, 0.717) is 45.1 Å². The number of piperidine rings is 1. The van der Waals surface area contributed by atoms with Crippen LogP contribution in [0.4, 0.5) is 20.4 Å². The molecule has 2 aliphatic rings. The second-order valence-corrected chi connectivity index (χ2v) is 10.2. The van der Waals surface area contributed by atoms with E-state index in [4.69, 9.17) is 21.8 Å². The zero-order chi connectivity index (χ0) is 26.1. The molecule has 3 aromatic heterocycles. The molecule has 8 nitrogen and oxygen atoms in total. The molecule has 2 aliphatic heterocycles. The molecule has 2 aromatic carbocycles. The van der Waals surface area contributed by atoms with Crippen molar-refractivity contribution in [3.8, 4) is 22.4 Å². The summed E-state index contributed by atoms with van der Waals surface area (Å²) < 4.78 is 37.9. The second-order valence-electron chi connectivity index (χ2n) is 10.2. The summed E-state index contributed by atoms with van der Waals surface area (Å²) in [7, 11) is 0. The summed E-state index contributed by atoms with van der Waals surface area (Å²) in [4.78, 5) is 15.2. The highest BCUT2D eigenvalue weighted by Crippen LogP contribution is 2.43. The fraction of sp³-hybridized carbons (Fsp3) is 0.286. The molecule has 5 aromatic rings. The molecular formula is C28H23F2N7O. The number of nitrogens with two attached hydrogens (primary N) is 1. The first kappa shape index (κ1) is 22.8. The molecule has 5 heterocycles. The monoisotopic (exact) mass is 511 g/mol. The first-order chi connectivity index (χ1) is 18.4. The van der Waals surface area contributed by atoms with Crippen molar-refractivity contribution < 1.29 is 13.3 Å². The summed E-state index contributed by atoms with van der Waals surface area (Å²) in [6, 6.07) is 7.91. The molecule has 2 N–H and O–H groups in total. The van der Waals surface area contributed by atoms with E-state index in [1.165, 1.54) is 18.2 Å². The van der Waals surface area contributed by atoms with Crippen molar-refractivity contribution >= 4 is 28.3 Å². The van der Waals surface area contributed by atoms with Crippen molar-refractivity contribution in [2.45, 2.75) is 50.7 Å². The number of benzene rings is 2. The van der Waals surface area contributed by atoms with Crippen LogP contribution in [-0.2, 0) is 0 Å². The number of nitrogens with zero attached hydrogens (tertiary/aromatic N) is 6. The van der Waals surface area contributed by atoms with Crippen LogP contribution in [-0.4, -0.2) is 37.7 Å². The average molecular weight is 512 g/mol. The molecule has 0 spiro atoms. The van der Waals surface area contributed by atoms with Gasteiger partial charge in [-0.05, 0) is 50.8 Å². The van der Waals surface area contributed by atoms with Crippen molar-refractivity contribution in [2.24, 2.45) is 5.73 Å². The number of aryl methyl sites for hydroxylation is 1. The number of imidazole rings is 1. The molecule has 2 saturated heterocycles. The smallest absolute Gasteiger partial charge is 0.222 e. The van der Waals surface area contributed by atoms with Gasteiger partial charge in [0.2, 0.25) is 11.6 Å². The Bertz CT molecular complexity index is 1770. The van der Waals surface area contributed by atoms with Gasteiger partial charge in [-0.1, -0.05) is 17.3 Å². The molecule has 190 valence electrons. The number of fused-ring (bicyclic) bond motifs is 4. The lowest BCUT2D eigenvalue weighted by Gasteiger charge is -2.39. The van der Waals surface area contributed by atoms with Gasteiger partial charge in [0.1, 0.15) is 17.3 Å². The minimum absolute atomic E-state index is 0.0924. The van der Waals surface area contributed by atoms with Crippen molar-refractivity contribution in [2.75, 3.05) is 4.90 Å². The maximum Gasteiger partial charge on any atom is 0.222 e. The van der Waals surface area contributed by atoms with Gasteiger partial charge in [-0.3, -0.25) is 4.40 Å². The molecule has 2 fully saturated rings. The number of hydrogen-bond acceptors (Lipinski definition) is 6. The van der Waals surface area contributed by atoms with Crippen LogP contribution in [0.5, 0.6) is 0 Å². The van der Waals surface area contributed by atoms with E-state index in [1.54, 1.807) is 25.3 Å². The second kappa shape index (κ2) is 8.33. The lowest BCUT2D eigenvalue weighted by atomic mass is 9.97. The van der Waals surface area contributed by atoms with Gasteiger partial charge in [-0.15, -0.1) is 0 Å². The van der Waals surface area contributed by atoms with E-state index in [-0.39, 0.29) is 29.4 Å². The van der Waals surface area contributed by atoms with Crippen LogP contribution in [0, 0.1) is 25.1 Å². The maximum absolute atomic E-state index is 15.8. The number of aromatic nitrogens is 4. The summed E-state index contributed by atoms with van der Waals surface area (Å²) in [6.45, 7) is 8.99. The van der Waals surface area contributed by atoms with Gasteiger partial charge in [0.05, 0.1) is 23.5 Å². The Balaban J connectivity index is 1.53. The Morgan fingerprint density at radius 2 is 1.89 bits per heavy atom. The molecule has 0 saturated carbocycles. The van der Waals surface area contributed by atoms with Crippen LogP contribution in [0.25, 0.3) is 43.8 Å². The highest BCUT2D eigenvalue weighted by molar-refractivity contribution is 5.95. The third-order valence-electron chi connectivity index (χ3n) is 7.88. The van der Waals surface area contributed by atoms with E-state index in [9.17, 15) is 4.39 Å². The van der Waals surface area contributed by atoms with Crippen molar-refractivity contribution in [3.63, 3.8) is 0 Å². The third-order valence-corrected chi connectivity index (χ3v) is 7.88. The predicted octanol–water partition coefficient (Wildman–Crippen LogP) is 5.80. The molecule has 0 radical (unpaired) electrons. The lowest BCUT2D eigenvalue weighted by molar-refractivity contribution is 0.408. The molecule has 7 rings (SSSR count). The van der Waals surface area contributed by atoms with Crippen molar-refractivity contribution in [1.82, 2.24) is 19.5 Å². The molecule has 2 bridgehead atoms. The molecule has 0 amide bonds. The van der Waals surface area contributed by atoms with Crippen molar-refractivity contribution in [1.29, 1.82) is 0 Å². The van der Waals surface area contributed by atoms with Gasteiger partial charge in [0.15, 0.2) is 5.58 Å². The number of anilines is 1. The average Bonchev–Trinajstić information content (AvgIpc) is 3.60. The Morgan fingerprint density at radius 1 is 1.11 bits per heavy atom. The fourth-order valence-corrected chi connectivity index (χ4v) is 6.17. The zero-order valence-corrected chi connectivity index (χ0v) is 20.5. The Labute approximate surface area is 216 Å². The summed E-state index contributed by atoms with van der Waals surface area (Å²) in [5, 5.41) is 4.54. The van der Waals surface area contributed by atoms with E-state index >= 15 is 4.39 Å². The maximum atomic E-state index is 15.8. The van der Waals surface area contributed by atoms with E-state index in [0.717, 1.165) is 25.7 Å². The Kier molecular flexibility index (Phi) is 5.00. The van der Waals surface area contributed by atoms with Gasteiger partial charge < -0.3 is 15.2 Å². The van der Waals surface area contributed by atoms with Gasteiger partial charge in [-0.2, -0.15) is 0 Å². The van der Waals surface area contributed by atoms with Gasteiger partial charge in [0, 0.05) is 47.0 Å². The third kappa shape index (κ3) is 3.32. The molecule has 0 aliphatic carbocycles. The lowest BCUT2D eigenvalue weighted by Crippen LogP contribution is -2.48. The summed E-state index contributed by atoms with van der Waals surface area (Å²) in [6.07, 6.45) is 7.21. The first-order valence-corrected chi connectivity index (χ1v) is 12.6. The van der Waals surface area contributed by atoms with Crippen molar-refractivity contribution in [3.05, 3.63) is 71.5 Å². The van der Waals surface area contributed by atoms with E-state index in [1.807, 2.05) is 10.6 Å². The largest absolute Gasteiger partial charge is 0.356 e. The molecule has 2 unspecified atom stereocenters. The summed E-state index contributed by atoms with van der Waals surface area (Å²) in [5.41, 5.74) is 9.16. The van der Waals surface area contributed by atoms with Crippen LogP contribution >= 0.6 is 0 Å². The predicted molar refractivity (Wildman–Crippen MR) is 139 cm³/mol. The molecular weight excluding hydrogens is 488 g/mol. The summed E-state index contributed by atoms with van der Waals surface area (Å²) >= 11 is 0. The van der Waals surface area contributed by atoms with Crippen LogP contribution in [0.2, 0.25) is 0 Å². The highest BCUT2D eigenvalue weighted by atomic mass is 19.1. The van der Waals surface area contributed by atoms with Gasteiger partial charge in [0.25, 0.3) is 0 Å². The normalized spacial score (nSPS) is 20.9. The van der Waals surface area contributed by atoms with Crippen LogP contribution < -0.4 is 10.6 Å². The van der Waals surface area contributed by atoms with Crippen LogP contribution in [0.15, 0.2) is 47.2 Å². The fourth-order valence-electron chi connectivity index (χ4n) is 6.17. The zero-order valence-electron chi connectivity index (χ0n) is 20.5. The highest BCUT2D eigenvalue weighted by Gasteiger charge is 2.42. The van der Waals surface area contributed by atoms with E-state index < -0.39 is 11.6 Å². The molecule has 10 heteroatoms. The first-order valence-electron chi connectivity index (χ1n) is 12.6. The summed E-state index contributed by atoms with van der Waals surface area (Å²) in [5.74, 6) is -0.491. The topological polar surface area (TPSA) is 89.8 Å². The van der Waals surface area contributed by atoms with Crippen LogP contribution in [0.1, 0.15) is 31.4 Å². The van der Waals surface area contributed by atoms with Gasteiger partial charge >= 0.3 is 0 Å². The number of halogens is 2. The minimum atomic E-state index is -0.666. The SMILES string of the molecule is [C-]#[N+]c1ccc(-c2nc(N3C4CCC3CC(N)C4)n3ccnc3c2-c2cc3onc(C)c3cc2F)cc1F. The minimum Gasteiger partial charge on any atom is -0.356 e. The Morgan fingerprint density at radius 3 is 2.63 bits per heavy atom. The van der Waals surface area contributed by atoms with Crippen LogP contribution in [0.3, 0.4) is 0 Å². The number of hydrogen-bond donors (Lipinski definition) is 1. The molecule has 38 heavy (non-hydrogen) atoms. The standard InChI is InChI=1S/C28H23F2N7O/c1-14-19-12-21(29)20(13-24(19)38-35-14)25-26(15-3-6-23(32-2)22(30)9-15)34-28(36-8-7-33-27(25)36)37-17-4-5-18(37)11-16(31)10-17/h3,6-9,12-13,16-18H,4-5,10-11,31H2,1H3. The molecule has 2 atom stereocenters. The number of rotatable bonds is 3. The quantitative estimate of drug-likeness (QED) is 0.308.